The van der Waals surface area contributed by atoms with Gasteiger partial charge in [0.15, 0.2) is 0 Å². The summed E-state index contributed by atoms with van der Waals surface area (Å²) in [6.07, 6.45) is 0. The van der Waals surface area contributed by atoms with Crippen LogP contribution < -0.4 is 15.8 Å². The highest BCUT2D eigenvalue weighted by Gasteiger charge is 2.18. The molecule has 0 aliphatic carbocycles. The van der Waals surface area contributed by atoms with Crippen LogP contribution in [0.1, 0.15) is 0 Å². The van der Waals surface area contributed by atoms with E-state index in [2.05, 4.69) is 42.3 Å². The SMILES string of the molecule is CN1CN(N)c2cccc3cccc1c23. The standard InChI is InChI=1S/C12H13N3/c1-14-8-15(13)11-7-3-5-9-4-2-6-10(14)12(9)11/h2-7H,8,13H2,1H3. The average molecular weight is 199 g/mol. The van der Waals surface area contributed by atoms with Crippen molar-refractivity contribution in [1.29, 1.82) is 0 Å². The van der Waals surface area contributed by atoms with Crippen LogP contribution in [-0.4, -0.2) is 13.7 Å². The lowest BCUT2D eigenvalue weighted by Crippen LogP contribution is -2.43. The number of benzene rings is 2. The molecule has 3 nitrogen and oxygen atoms in total. The highest BCUT2D eigenvalue weighted by atomic mass is 15.5. The van der Waals surface area contributed by atoms with Gasteiger partial charge >= 0.3 is 0 Å². The number of nitrogens with two attached hydrogens (primary N) is 1. The van der Waals surface area contributed by atoms with E-state index in [0.717, 1.165) is 12.4 Å². The van der Waals surface area contributed by atoms with Gasteiger partial charge in [0, 0.05) is 18.1 Å². The fraction of sp³-hybridized carbons (Fsp3) is 0.167. The van der Waals surface area contributed by atoms with E-state index in [9.17, 15) is 0 Å². The van der Waals surface area contributed by atoms with Crippen molar-refractivity contribution in [3.05, 3.63) is 36.4 Å². The quantitative estimate of drug-likeness (QED) is 0.658. The fourth-order valence-corrected chi connectivity index (χ4v) is 2.24. The maximum atomic E-state index is 5.99. The Hall–Kier alpha value is -1.74. The molecule has 0 atom stereocenters. The molecule has 15 heavy (non-hydrogen) atoms. The van der Waals surface area contributed by atoms with Crippen molar-refractivity contribution in [2.24, 2.45) is 5.84 Å². The predicted molar refractivity (Wildman–Crippen MR) is 63.9 cm³/mol. The van der Waals surface area contributed by atoms with Crippen LogP contribution in [0, 0.1) is 0 Å². The number of hydrogen-bond acceptors (Lipinski definition) is 3. The van der Waals surface area contributed by atoms with Gasteiger partial charge in [0.1, 0.15) is 6.67 Å². The van der Waals surface area contributed by atoms with Crippen LogP contribution in [0.4, 0.5) is 11.4 Å². The molecule has 0 fully saturated rings. The minimum atomic E-state index is 0.732. The molecule has 1 heterocycles. The van der Waals surface area contributed by atoms with E-state index in [1.54, 1.807) is 5.01 Å². The summed E-state index contributed by atoms with van der Waals surface area (Å²) in [5.74, 6) is 5.99. The molecule has 2 aromatic carbocycles. The Balaban J connectivity index is 2.45. The first-order valence-electron chi connectivity index (χ1n) is 5.02. The smallest absolute Gasteiger partial charge is 0.105 e. The van der Waals surface area contributed by atoms with Crippen LogP contribution in [0.15, 0.2) is 36.4 Å². The third-order valence-electron chi connectivity index (χ3n) is 2.95. The molecule has 0 spiro atoms. The predicted octanol–water partition coefficient (Wildman–Crippen LogP) is 1.93. The second kappa shape index (κ2) is 2.87. The molecule has 2 N–H and O–H groups in total. The lowest BCUT2D eigenvalue weighted by atomic mass is 10.0. The Morgan fingerprint density at radius 3 is 2.47 bits per heavy atom. The first kappa shape index (κ1) is 8.56. The summed E-state index contributed by atoms with van der Waals surface area (Å²) in [6, 6.07) is 12.6. The molecule has 0 aromatic heterocycles. The molecule has 76 valence electrons. The zero-order valence-electron chi connectivity index (χ0n) is 8.64. The summed E-state index contributed by atoms with van der Waals surface area (Å²) < 4.78 is 0. The Kier molecular flexibility index (Phi) is 1.64. The molecule has 0 unspecified atom stereocenters. The number of hydrogen-bond donors (Lipinski definition) is 1. The topological polar surface area (TPSA) is 32.5 Å². The largest absolute Gasteiger partial charge is 0.355 e. The summed E-state index contributed by atoms with van der Waals surface area (Å²) in [7, 11) is 2.06. The van der Waals surface area contributed by atoms with Crippen LogP contribution in [0.2, 0.25) is 0 Å². The highest BCUT2D eigenvalue weighted by molar-refractivity contribution is 6.04. The van der Waals surface area contributed by atoms with Gasteiger partial charge in [-0.25, -0.2) is 5.84 Å². The van der Waals surface area contributed by atoms with E-state index in [4.69, 9.17) is 5.84 Å². The third-order valence-corrected chi connectivity index (χ3v) is 2.95. The van der Waals surface area contributed by atoms with Gasteiger partial charge in [-0.2, -0.15) is 0 Å². The van der Waals surface area contributed by atoms with Crippen LogP contribution in [-0.2, 0) is 0 Å². The van der Waals surface area contributed by atoms with E-state index in [1.807, 2.05) is 6.07 Å². The Morgan fingerprint density at radius 2 is 1.73 bits per heavy atom. The molecule has 0 saturated carbocycles. The van der Waals surface area contributed by atoms with E-state index in [-0.39, 0.29) is 0 Å². The van der Waals surface area contributed by atoms with Crippen molar-refractivity contribution in [2.45, 2.75) is 0 Å². The summed E-state index contributed by atoms with van der Waals surface area (Å²) in [5.41, 5.74) is 2.37. The molecule has 1 aliphatic rings. The van der Waals surface area contributed by atoms with Crippen molar-refractivity contribution in [3.8, 4) is 0 Å². The van der Waals surface area contributed by atoms with Crippen LogP contribution in [0.25, 0.3) is 10.8 Å². The summed E-state index contributed by atoms with van der Waals surface area (Å²) in [5, 5.41) is 4.28. The molecule has 1 aliphatic heterocycles. The highest BCUT2D eigenvalue weighted by Crippen LogP contribution is 2.36. The van der Waals surface area contributed by atoms with Crippen LogP contribution in [0.3, 0.4) is 0 Å². The molecule has 0 amide bonds. The maximum Gasteiger partial charge on any atom is 0.105 e. The van der Waals surface area contributed by atoms with Gasteiger partial charge in [-0.15, -0.1) is 0 Å². The number of nitrogens with zero attached hydrogens (tertiary/aromatic N) is 2. The lowest BCUT2D eigenvalue weighted by molar-refractivity contribution is 0.801. The molecular formula is C12H13N3. The second-order valence-electron chi connectivity index (χ2n) is 3.96. The zero-order valence-corrected chi connectivity index (χ0v) is 8.64. The number of anilines is 2. The normalized spacial score (nSPS) is 14.8. The number of hydrazine groups is 1. The summed E-state index contributed by atoms with van der Waals surface area (Å²) >= 11 is 0. The minimum absolute atomic E-state index is 0.732. The Labute approximate surface area is 88.7 Å². The molecular weight excluding hydrogens is 186 g/mol. The van der Waals surface area contributed by atoms with Gasteiger partial charge in [-0.3, -0.25) is 5.01 Å². The third kappa shape index (κ3) is 1.10. The van der Waals surface area contributed by atoms with Crippen LogP contribution >= 0.6 is 0 Å². The second-order valence-corrected chi connectivity index (χ2v) is 3.96. The fourth-order valence-electron chi connectivity index (χ4n) is 2.24. The van der Waals surface area contributed by atoms with Gasteiger partial charge in [0.25, 0.3) is 0 Å². The van der Waals surface area contributed by atoms with Crippen molar-refractivity contribution < 1.29 is 0 Å². The van der Waals surface area contributed by atoms with E-state index >= 15 is 0 Å². The van der Waals surface area contributed by atoms with Crippen molar-refractivity contribution in [3.63, 3.8) is 0 Å². The molecule has 0 saturated heterocycles. The van der Waals surface area contributed by atoms with Crippen molar-refractivity contribution >= 4 is 22.1 Å². The van der Waals surface area contributed by atoms with E-state index in [0.29, 0.717) is 0 Å². The molecule has 0 radical (unpaired) electrons. The Morgan fingerprint density at radius 1 is 1.07 bits per heavy atom. The van der Waals surface area contributed by atoms with Crippen molar-refractivity contribution in [2.75, 3.05) is 23.6 Å². The Bertz CT molecular complexity index is 479. The summed E-state index contributed by atoms with van der Waals surface area (Å²) in [6.45, 7) is 0.732. The minimum Gasteiger partial charge on any atom is -0.355 e. The molecule has 0 bridgehead atoms. The van der Waals surface area contributed by atoms with Gasteiger partial charge in [-0.1, -0.05) is 24.3 Å². The average Bonchev–Trinajstić information content (AvgIpc) is 2.25. The van der Waals surface area contributed by atoms with E-state index in [1.165, 1.54) is 16.5 Å². The van der Waals surface area contributed by atoms with Gasteiger partial charge in [0.2, 0.25) is 0 Å². The lowest BCUT2D eigenvalue weighted by Gasteiger charge is -2.34. The van der Waals surface area contributed by atoms with E-state index < -0.39 is 0 Å². The van der Waals surface area contributed by atoms with Gasteiger partial charge < -0.3 is 4.90 Å². The zero-order chi connectivity index (χ0) is 10.4. The first-order chi connectivity index (χ1) is 7.27. The monoisotopic (exact) mass is 199 g/mol. The maximum absolute atomic E-state index is 5.99. The summed E-state index contributed by atoms with van der Waals surface area (Å²) in [4.78, 5) is 2.16. The van der Waals surface area contributed by atoms with Crippen molar-refractivity contribution in [1.82, 2.24) is 0 Å². The molecule has 2 aromatic rings. The van der Waals surface area contributed by atoms with Crippen LogP contribution in [0.5, 0.6) is 0 Å². The molecule has 3 rings (SSSR count). The van der Waals surface area contributed by atoms with Gasteiger partial charge in [0.05, 0.1) is 5.69 Å². The van der Waals surface area contributed by atoms with Gasteiger partial charge in [-0.05, 0) is 17.5 Å². The molecule has 3 heteroatoms. The number of rotatable bonds is 0. The first-order valence-corrected chi connectivity index (χ1v) is 5.02.